The molecule has 0 aliphatic heterocycles. The third-order valence-corrected chi connectivity index (χ3v) is 16.2. The van der Waals surface area contributed by atoms with Gasteiger partial charge in [-0.15, -0.1) is 0 Å². The summed E-state index contributed by atoms with van der Waals surface area (Å²) >= 11 is 0. The monoisotopic (exact) mass is 1100 g/mol. The number of carbonyl (C=O) groups is 1. The van der Waals surface area contributed by atoms with E-state index in [9.17, 15) is 19.4 Å². The van der Waals surface area contributed by atoms with Crippen molar-refractivity contribution in [1.29, 1.82) is 0 Å². The number of amides is 1. The largest absolute Gasteiger partial charge is 0.756 e. The lowest BCUT2D eigenvalue weighted by Gasteiger charge is -2.29. The van der Waals surface area contributed by atoms with Crippen LogP contribution in [-0.4, -0.2) is 68.5 Å². The molecule has 0 aromatic heterocycles. The second kappa shape index (κ2) is 59.1. The first-order valence-corrected chi connectivity index (χ1v) is 35.0. The summed E-state index contributed by atoms with van der Waals surface area (Å²) in [4.78, 5) is 25.6. The SMILES string of the molecule is CCCCCCCCCCC/C=C\C/C=C\CCCCCCCCCCCCCCCCCCCC(=O)NC(COP(=O)([O-])OCC[N+](C)(C)C)C(O)/C=C/CC/C=C/CCCCCCCCCCCCCCCCCC. The summed E-state index contributed by atoms with van der Waals surface area (Å²) in [7, 11) is 1.25. The molecule has 3 atom stereocenters. The van der Waals surface area contributed by atoms with E-state index in [0.717, 1.165) is 44.9 Å². The molecule has 8 nitrogen and oxygen atoms in total. The predicted octanol–water partition coefficient (Wildman–Crippen LogP) is 20.4. The van der Waals surface area contributed by atoms with Crippen molar-refractivity contribution in [2.24, 2.45) is 0 Å². The molecule has 77 heavy (non-hydrogen) atoms. The van der Waals surface area contributed by atoms with Gasteiger partial charge in [0.25, 0.3) is 7.82 Å². The average Bonchev–Trinajstić information content (AvgIpc) is 3.39. The van der Waals surface area contributed by atoms with Crippen LogP contribution in [0.15, 0.2) is 48.6 Å². The van der Waals surface area contributed by atoms with E-state index < -0.39 is 26.6 Å². The normalized spacial score (nSPS) is 14.0. The van der Waals surface area contributed by atoms with Gasteiger partial charge in [0.1, 0.15) is 13.2 Å². The standard InChI is InChI=1S/C68H131N2O6P/c1-6-8-10-12-14-16-18-20-22-24-26-28-30-31-32-33-34-35-36-37-38-39-40-42-44-46-48-50-52-54-56-58-60-62-68(72)69-66(65-76-77(73,74)75-64-63-70(3,4)5)67(71)61-59-57-55-53-51-49-47-45-43-41-29-27-25-23-21-19-17-15-13-11-9-7-2/h26,28,31-32,51,53,59,61,66-67,71H,6-25,27,29-30,33-50,52,54-58,60,62-65H2,1-5H3,(H-,69,72,73,74)/b28-26-,32-31-,53-51+,61-59+. The fraction of sp³-hybridized carbons (Fsp3) is 0.868. The third kappa shape index (κ3) is 61.9. The molecule has 0 bridgehead atoms. The molecular weight excluding hydrogens is 972 g/mol. The van der Waals surface area contributed by atoms with E-state index in [2.05, 4.69) is 55.6 Å². The molecule has 0 radical (unpaired) electrons. The molecule has 0 spiro atoms. The van der Waals surface area contributed by atoms with E-state index >= 15 is 0 Å². The Labute approximate surface area is 479 Å². The summed E-state index contributed by atoms with van der Waals surface area (Å²) in [5, 5.41) is 13.9. The first kappa shape index (κ1) is 75.5. The average molecular weight is 1100 g/mol. The van der Waals surface area contributed by atoms with Crippen molar-refractivity contribution in [3.05, 3.63) is 48.6 Å². The zero-order valence-electron chi connectivity index (χ0n) is 51.9. The number of hydrogen-bond donors (Lipinski definition) is 2. The van der Waals surface area contributed by atoms with E-state index in [-0.39, 0.29) is 12.5 Å². The second-order valence-electron chi connectivity index (χ2n) is 24.2. The van der Waals surface area contributed by atoms with Gasteiger partial charge in [-0.3, -0.25) is 9.36 Å². The van der Waals surface area contributed by atoms with Gasteiger partial charge in [0, 0.05) is 6.42 Å². The zero-order chi connectivity index (χ0) is 56.3. The number of rotatable bonds is 62. The number of carbonyl (C=O) groups excluding carboxylic acids is 1. The molecule has 0 saturated carbocycles. The lowest BCUT2D eigenvalue weighted by atomic mass is 10.0. The molecule has 1 amide bonds. The van der Waals surface area contributed by atoms with Crippen molar-refractivity contribution in [3.8, 4) is 0 Å². The van der Waals surface area contributed by atoms with Gasteiger partial charge in [-0.1, -0.05) is 306 Å². The van der Waals surface area contributed by atoms with Gasteiger partial charge < -0.3 is 28.8 Å². The van der Waals surface area contributed by atoms with Crippen LogP contribution in [-0.2, 0) is 18.4 Å². The fourth-order valence-electron chi connectivity index (χ4n) is 10.0. The van der Waals surface area contributed by atoms with Crippen LogP contribution >= 0.6 is 7.82 Å². The van der Waals surface area contributed by atoms with Gasteiger partial charge >= 0.3 is 0 Å². The maximum atomic E-state index is 13.0. The number of likely N-dealkylation sites (N-methyl/N-ethyl adjacent to an activating group) is 1. The van der Waals surface area contributed by atoms with Crippen molar-refractivity contribution in [2.75, 3.05) is 40.9 Å². The lowest BCUT2D eigenvalue weighted by Crippen LogP contribution is -2.45. The number of phosphoric acid groups is 1. The lowest BCUT2D eigenvalue weighted by molar-refractivity contribution is -0.870. The van der Waals surface area contributed by atoms with Crippen LogP contribution in [0, 0.1) is 0 Å². The van der Waals surface area contributed by atoms with E-state index in [0.29, 0.717) is 17.4 Å². The molecular formula is C68H131N2O6P. The highest BCUT2D eigenvalue weighted by atomic mass is 31.2. The minimum absolute atomic E-state index is 0.00573. The molecule has 0 aliphatic carbocycles. The number of aliphatic hydroxyl groups is 1. The van der Waals surface area contributed by atoms with E-state index in [4.69, 9.17) is 9.05 Å². The number of nitrogens with zero attached hydrogens (tertiary/aromatic N) is 1. The van der Waals surface area contributed by atoms with Crippen molar-refractivity contribution in [1.82, 2.24) is 5.32 Å². The molecule has 0 aromatic carbocycles. The van der Waals surface area contributed by atoms with Gasteiger partial charge in [0.15, 0.2) is 0 Å². The molecule has 0 saturated heterocycles. The molecule has 0 aliphatic rings. The first-order chi connectivity index (χ1) is 37.5. The topological polar surface area (TPSA) is 108 Å². The Morgan fingerprint density at radius 1 is 0.455 bits per heavy atom. The van der Waals surface area contributed by atoms with Crippen LogP contribution in [0.3, 0.4) is 0 Å². The van der Waals surface area contributed by atoms with E-state index in [1.807, 2.05) is 27.2 Å². The second-order valence-corrected chi connectivity index (χ2v) is 25.6. The Balaban J connectivity index is 4.08. The number of quaternary nitrogens is 1. The summed E-state index contributed by atoms with van der Waals surface area (Å²) in [6.07, 6.45) is 79.4. The third-order valence-electron chi connectivity index (χ3n) is 15.3. The molecule has 3 unspecified atom stereocenters. The minimum Gasteiger partial charge on any atom is -0.756 e. The predicted molar refractivity (Wildman–Crippen MR) is 334 cm³/mol. The number of allylic oxidation sites excluding steroid dienone is 7. The van der Waals surface area contributed by atoms with Crippen LogP contribution in [0.5, 0.6) is 0 Å². The Kier molecular flexibility index (Phi) is 57.9. The molecule has 0 aromatic rings. The van der Waals surface area contributed by atoms with Gasteiger partial charge in [0.05, 0.1) is 39.9 Å². The molecule has 2 N–H and O–H groups in total. The van der Waals surface area contributed by atoms with Crippen LogP contribution < -0.4 is 10.2 Å². The van der Waals surface area contributed by atoms with E-state index in [1.54, 1.807) is 6.08 Å². The van der Waals surface area contributed by atoms with Crippen molar-refractivity contribution in [3.63, 3.8) is 0 Å². The fourth-order valence-corrected chi connectivity index (χ4v) is 10.8. The number of nitrogens with one attached hydrogen (secondary N) is 1. The Hall–Kier alpha value is -1.54. The molecule has 454 valence electrons. The Morgan fingerprint density at radius 3 is 1.13 bits per heavy atom. The van der Waals surface area contributed by atoms with Crippen LogP contribution in [0.4, 0.5) is 0 Å². The van der Waals surface area contributed by atoms with Gasteiger partial charge in [-0.25, -0.2) is 0 Å². The molecule has 9 heteroatoms. The first-order valence-electron chi connectivity index (χ1n) is 33.5. The van der Waals surface area contributed by atoms with Crippen molar-refractivity contribution < 1.29 is 32.9 Å². The van der Waals surface area contributed by atoms with Crippen LogP contribution in [0.2, 0.25) is 0 Å². The molecule has 0 fully saturated rings. The number of phosphoric ester groups is 1. The highest BCUT2D eigenvalue weighted by Gasteiger charge is 2.23. The summed E-state index contributed by atoms with van der Waals surface area (Å²) in [5.41, 5.74) is 0. The van der Waals surface area contributed by atoms with Crippen molar-refractivity contribution in [2.45, 2.75) is 341 Å². The van der Waals surface area contributed by atoms with Crippen LogP contribution in [0.25, 0.3) is 0 Å². The highest BCUT2D eigenvalue weighted by molar-refractivity contribution is 7.45. The number of hydrogen-bond acceptors (Lipinski definition) is 6. The van der Waals surface area contributed by atoms with Gasteiger partial charge in [-0.05, 0) is 64.2 Å². The Bertz CT molecular complexity index is 1390. The van der Waals surface area contributed by atoms with Crippen LogP contribution in [0.1, 0.15) is 328 Å². The summed E-state index contributed by atoms with van der Waals surface area (Å²) < 4.78 is 23.4. The number of unbranched alkanes of at least 4 members (excludes halogenated alkanes) is 43. The highest BCUT2D eigenvalue weighted by Crippen LogP contribution is 2.38. The summed E-state index contributed by atoms with van der Waals surface area (Å²) in [5.74, 6) is -0.202. The summed E-state index contributed by atoms with van der Waals surface area (Å²) in [6, 6.07) is -0.904. The molecule has 0 heterocycles. The van der Waals surface area contributed by atoms with Gasteiger partial charge in [-0.2, -0.15) is 0 Å². The summed E-state index contributed by atoms with van der Waals surface area (Å²) in [6.45, 7) is 4.67. The Morgan fingerprint density at radius 2 is 0.766 bits per heavy atom. The maximum Gasteiger partial charge on any atom is 0.268 e. The number of aliphatic hydroxyl groups excluding tert-OH is 1. The minimum atomic E-state index is -4.61. The molecule has 0 rings (SSSR count). The van der Waals surface area contributed by atoms with Crippen molar-refractivity contribution >= 4 is 13.7 Å². The van der Waals surface area contributed by atoms with Gasteiger partial charge in [0.2, 0.25) is 5.91 Å². The maximum absolute atomic E-state index is 13.0. The zero-order valence-corrected chi connectivity index (χ0v) is 52.8. The smallest absolute Gasteiger partial charge is 0.268 e. The van der Waals surface area contributed by atoms with E-state index in [1.165, 1.54) is 263 Å². The quantitative estimate of drug-likeness (QED) is 0.0272.